The van der Waals surface area contributed by atoms with Gasteiger partial charge in [0, 0.05) is 6.07 Å². The first-order valence-corrected chi connectivity index (χ1v) is 3.61. The van der Waals surface area contributed by atoms with E-state index >= 15 is 0 Å². The van der Waals surface area contributed by atoms with Gasteiger partial charge in [0.1, 0.15) is 6.07 Å². The van der Waals surface area contributed by atoms with Gasteiger partial charge in [0.25, 0.3) is 0 Å². The van der Waals surface area contributed by atoms with Gasteiger partial charge in [-0.05, 0) is 6.92 Å². The van der Waals surface area contributed by atoms with Crippen LogP contribution in [0.25, 0.3) is 0 Å². The predicted molar refractivity (Wildman–Crippen MR) is 43.0 cm³/mol. The summed E-state index contributed by atoms with van der Waals surface area (Å²) in [4.78, 5) is 12.0. The van der Waals surface area contributed by atoms with Gasteiger partial charge >= 0.3 is 5.97 Å². The van der Waals surface area contributed by atoms with Crippen LogP contribution in [-0.4, -0.2) is 22.5 Å². The maximum Gasteiger partial charge on any atom is 0.358 e. The fourth-order valence-electron chi connectivity index (χ4n) is 0.807. The molecule has 0 aliphatic carbocycles. The highest BCUT2D eigenvalue weighted by Gasteiger charge is 2.14. The van der Waals surface area contributed by atoms with Crippen LogP contribution >= 0.6 is 0 Å². The third-order valence-corrected chi connectivity index (χ3v) is 1.33. The quantitative estimate of drug-likeness (QED) is 0.495. The number of nitrogens with zero attached hydrogens (tertiary/aromatic N) is 3. The van der Waals surface area contributed by atoms with Crippen molar-refractivity contribution in [1.82, 2.24) is 9.89 Å². The molecule has 0 aliphatic heterocycles. The molecule has 0 bridgehead atoms. The van der Waals surface area contributed by atoms with E-state index in [1.807, 2.05) is 0 Å². The zero-order valence-corrected chi connectivity index (χ0v) is 7.02. The van der Waals surface area contributed by atoms with Crippen LogP contribution in [0.3, 0.4) is 0 Å². The molecule has 1 heterocycles. The molecule has 1 aromatic heterocycles. The van der Waals surface area contributed by atoms with Crippen LogP contribution in [-0.2, 0) is 4.74 Å². The second-order valence-electron chi connectivity index (χ2n) is 2.19. The second kappa shape index (κ2) is 3.58. The van der Waals surface area contributed by atoms with Crippen molar-refractivity contribution in [2.24, 2.45) is 0 Å². The van der Waals surface area contributed by atoms with Crippen LogP contribution in [0.2, 0.25) is 0 Å². The highest BCUT2D eigenvalue weighted by atomic mass is 16.5. The monoisotopic (exact) mass is 180 g/mol. The van der Waals surface area contributed by atoms with Gasteiger partial charge in [0.2, 0.25) is 0 Å². The summed E-state index contributed by atoms with van der Waals surface area (Å²) in [6, 6.07) is 3.04. The molecule has 0 saturated heterocycles. The maximum absolute atomic E-state index is 11.1. The molecule has 0 atom stereocenters. The molecule has 0 aliphatic rings. The minimum atomic E-state index is -0.584. The van der Waals surface area contributed by atoms with E-state index in [0.29, 0.717) is 0 Å². The molecule has 13 heavy (non-hydrogen) atoms. The van der Waals surface area contributed by atoms with E-state index in [-0.39, 0.29) is 18.0 Å². The van der Waals surface area contributed by atoms with Gasteiger partial charge < -0.3 is 10.6 Å². The average Bonchev–Trinajstić information content (AvgIpc) is 2.47. The van der Waals surface area contributed by atoms with Gasteiger partial charge in [0.15, 0.2) is 11.4 Å². The second-order valence-corrected chi connectivity index (χ2v) is 2.19. The summed E-state index contributed by atoms with van der Waals surface area (Å²) in [6.07, 6.45) is 0. The number of ether oxygens (including phenoxy) is 1. The number of rotatable bonds is 2. The van der Waals surface area contributed by atoms with E-state index in [2.05, 4.69) is 9.84 Å². The van der Waals surface area contributed by atoms with Crippen molar-refractivity contribution in [1.29, 1.82) is 5.26 Å². The van der Waals surface area contributed by atoms with Crippen molar-refractivity contribution in [2.45, 2.75) is 6.92 Å². The highest BCUT2D eigenvalue weighted by Crippen LogP contribution is 2.02. The molecule has 6 heteroatoms. The number of esters is 1. The molecule has 68 valence electrons. The SMILES string of the molecule is CCOC(=O)c1cc(C#N)nn1N. The lowest BCUT2D eigenvalue weighted by Gasteiger charge is -1.99. The minimum absolute atomic E-state index is 0.0680. The molecule has 0 amide bonds. The molecule has 1 aromatic rings. The molecule has 0 unspecified atom stereocenters. The van der Waals surface area contributed by atoms with Crippen LogP contribution in [0, 0.1) is 11.3 Å². The number of nitrogen functional groups attached to an aromatic ring is 1. The number of nitrogens with two attached hydrogens (primary N) is 1. The molecular weight excluding hydrogens is 172 g/mol. The smallest absolute Gasteiger partial charge is 0.358 e. The van der Waals surface area contributed by atoms with Crippen LogP contribution in [0.5, 0.6) is 0 Å². The van der Waals surface area contributed by atoms with Gasteiger partial charge in [-0.3, -0.25) is 0 Å². The Labute approximate surface area is 74.5 Å². The van der Waals surface area contributed by atoms with Crippen LogP contribution in [0.1, 0.15) is 23.1 Å². The molecule has 0 fully saturated rings. The fourth-order valence-corrected chi connectivity index (χ4v) is 0.807. The molecule has 0 aromatic carbocycles. The Morgan fingerprint density at radius 1 is 1.92 bits per heavy atom. The van der Waals surface area contributed by atoms with Crippen LogP contribution in [0.4, 0.5) is 0 Å². The predicted octanol–water partition coefficient (Wildman–Crippen LogP) is -0.355. The summed E-state index contributed by atoms with van der Waals surface area (Å²) in [7, 11) is 0. The van der Waals surface area contributed by atoms with Crippen molar-refractivity contribution >= 4 is 5.97 Å². The summed E-state index contributed by atoms with van der Waals surface area (Å²) >= 11 is 0. The van der Waals surface area contributed by atoms with E-state index < -0.39 is 5.97 Å². The fraction of sp³-hybridized carbons (Fsp3) is 0.286. The molecule has 0 saturated carbocycles. The summed E-state index contributed by atoms with van der Waals surface area (Å²) in [5.41, 5.74) is 0.156. The largest absolute Gasteiger partial charge is 0.461 e. The molecular formula is C7H8N4O2. The maximum atomic E-state index is 11.1. The van der Waals surface area contributed by atoms with Crippen LogP contribution < -0.4 is 5.84 Å². The minimum Gasteiger partial charge on any atom is -0.461 e. The van der Waals surface area contributed by atoms with Gasteiger partial charge in [-0.1, -0.05) is 0 Å². The van der Waals surface area contributed by atoms with Crippen molar-refractivity contribution in [3.63, 3.8) is 0 Å². The van der Waals surface area contributed by atoms with E-state index in [4.69, 9.17) is 11.1 Å². The molecule has 0 spiro atoms. The summed E-state index contributed by atoms with van der Waals surface area (Å²) in [5.74, 6) is 4.72. The van der Waals surface area contributed by atoms with Crippen molar-refractivity contribution < 1.29 is 9.53 Å². The van der Waals surface area contributed by atoms with Crippen molar-refractivity contribution in [2.75, 3.05) is 12.4 Å². The average molecular weight is 180 g/mol. The Bertz CT molecular complexity index is 363. The number of hydrogen-bond acceptors (Lipinski definition) is 5. The Morgan fingerprint density at radius 3 is 3.08 bits per heavy atom. The molecule has 1 rings (SSSR count). The Morgan fingerprint density at radius 2 is 2.62 bits per heavy atom. The lowest BCUT2D eigenvalue weighted by molar-refractivity contribution is 0.0515. The number of aromatic nitrogens is 2. The summed E-state index contributed by atoms with van der Waals surface area (Å²) in [6.45, 7) is 1.94. The topological polar surface area (TPSA) is 93.9 Å². The van der Waals surface area contributed by atoms with E-state index in [9.17, 15) is 4.79 Å². The zero-order chi connectivity index (χ0) is 9.84. The molecule has 6 nitrogen and oxygen atoms in total. The van der Waals surface area contributed by atoms with E-state index in [1.54, 1.807) is 13.0 Å². The normalized spacial score (nSPS) is 9.23. The molecule has 0 radical (unpaired) electrons. The van der Waals surface area contributed by atoms with E-state index in [1.165, 1.54) is 6.07 Å². The van der Waals surface area contributed by atoms with Crippen LogP contribution in [0.15, 0.2) is 6.07 Å². The van der Waals surface area contributed by atoms with Gasteiger partial charge in [-0.25, -0.2) is 4.79 Å². The number of carbonyl (C=O) groups excluding carboxylic acids is 1. The third kappa shape index (κ3) is 1.76. The Hall–Kier alpha value is -2.03. The standard InChI is InChI=1S/C7H8N4O2/c1-2-13-7(12)6-3-5(4-8)10-11(6)9/h3H,2,9H2,1H3. The van der Waals surface area contributed by atoms with Crippen molar-refractivity contribution in [3.05, 3.63) is 17.5 Å². The lowest BCUT2D eigenvalue weighted by atomic mass is 10.4. The first kappa shape index (κ1) is 9.06. The van der Waals surface area contributed by atoms with Gasteiger partial charge in [-0.2, -0.15) is 10.1 Å². The first-order chi connectivity index (χ1) is 6.19. The third-order valence-electron chi connectivity index (χ3n) is 1.33. The first-order valence-electron chi connectivity index (χ1n) is 3.61. The Kier molecular flexibility index (Phi) is 2.50. The summed E-state index contributed by atoms with van der Waals surface area (Å²) < 4.78 is 4.68. The van der Waals surface area contributed by atoms with E-state index in [0.717, 1.165) is 4.79 Å². The lowest BCUT2D eigenvalue weighted by Crippen LogP contribution is -2.19. The molecule has 2 N–H and O–H groups in total. The number of nitriles is 1. The Balaban J connectivity index is 2.95. The van der Waals surface area contributed by atoms with Crippen molar-refractivity contribution in [3.8, 4) is 6.07 Å². The number of carbonyl (C=O) groups is 1. The number of hydrogen-bond donors (Lipinski definition) is 1. The zero-order valence-electron chi connectivity index (χ0n) is 7.02. The van der Waals surface area contributed by atoms with Gasteiger partial charge in [0.05, 0.1) is 6.61 Å². The summed E-state index contributed by atoms with van der Waals surface area (Å²) in [5, 5.41) is 12.0. The van der Waals surface area contributed by atoms with Gasteiger partial charge in [-0.15, -0.1) is 5.10 Å². The highest BCUT2D eigenvalue weighted by molar-refractivity contribution is 5.87.